The first-order chi connectivity index (χ1) is 8.15. The van der Waals surface area contributed by atoms with Gasteiger partial charge in [0, 0.05) is 13.6 Å². The highest BCUT2D eigenvalue weighted by Gasteiger charge is 2.40. The summed E-state index contributed by atoms with van der Waals surface area (Å²) in [4.78, 5) is 24.5. The Hall–Kier alpha value is -1.30. The van der Waals surface area contributed by atoms with E-state index in [-0.39, 0.29) is 18.9 Å². The monoisotopic (exact) mass is 258 g/mol. The van der Waals surface area contributed by atoms with Crippen molar-refractivity contribution in [3.63, 3.8) is 0 Å². The molecule has 0 bridgehead atoms. The first-order valence-corrected chi connectivity index (χ1v) is 6.06. The molecule has 1 saturated heterocycles. The third-order valence-electron chi connectivity index (χ3n) is 2.75. The summed E-state index contributed by atoms with van der Waals surface area (Å²) < 4.78 is 5.22. The Morgan fingerprint density at radius 1 is 1.44 bits per heavy atom. The van der Waals surface area contributed by atoms with E-state index in [2.05, 4.69) is 5.32 Å². The van der Waals surface area contributed by atoms with E-state index >= 15 is 0 Å². The van der Waals surface area contributed by atoms with Crippen molar-refractivity contribution in [2.45, 2.75) is 44.8 Å². The molecule has 6 nitrogen and oxygen atoms in total. The van der Waals surface area contributed by atoms with Crippen LogP contribution in [0.3, 0.4) is 0 Å². The second-order valence-electron chi connectivity index (χ2n) is 5.73. The van der Waals surface area contributed by atoms with Crippen molar-refractivity contribution in [2.24, 2.45) is 0 Å². The molecule has 1 rings (SSSR count). The van der Waals surface area contributed by atoms with Crippen molar-refractivity contribution in [1.82, 2.24) is 10.2 Å². The molecule has 1 aliphatic heterocycles. The summed E-state index contributed by atoms with van der Waals surface area (Å²) in [6.45, 7) is 5.91. The Labute approximate surface area is 107 Å². The summed E-state index contributed by atoms with van der Waals surface area (Å²) in [7, 11) is 1.52. The van der Waals surface area contributed by atoms with Crippen LogP contribution in [0.2, 0.25) is 0 Å². The number of hydrogen-bond donors (Lipinski definition) is 2. The van der Waals surface area contributed by atoms with Crippen molar-refractivity contribution >= 4 is 12.0 Å². The molecule has 104 valence electrons. The Kier molecular flexibility index (Phi) is 4.21. The first-order valence-electron chi connectivity index (χ1n) is 6.06. The van der Waals surface area contributed by atoms with Crippen molar-refractivity contribution in [2.75, 3.05) is 20.1 Å². The number of nitrogens with zero attached hydrogens (tertiary/aromatic N) is 1. The van der Waals surface area contributed by atoms with E-state index in [9.17, 15) is 14.7 Å². The zero-order chi connectivity index (χ0) is 14.0. The van der Waals surface area contributed by atoms with Crippen molar-refractivity contribution in [3.05, 3.63) is 0 Å². The van der Waals surface area contributed by atoms with Gasteiger partial charge in [0.25, 0.3) is 0 Å². The van der Waals surface area contributed by atoms with E-state index in [0.717, 1.165) is 0 Å². The van der Waals surface area contributed by atoms with Gasteiger partial charge in [0.15, 0.2) is 0 Å². The van der Waals surface area contributed by atoms with Crippen LogP contribution >= 0.6 is 0 Å². The number of hydrogen-bond acceptors (Lipinski definition) is 4. The second-order valence-corrected chi connectivity index (χ2v) is 5.73. The molecule has 1 unspecified atom stereocenters. The average molecular weight is 258 g/mol. The predicted molar refractivity (Wildman–Crippen MR) is 66.1 cm³/mol. The fourth-order valence-electron chi connectivity index (χ4n) is 1.87. The zero-order valence-electron chi connectivity index (χ0n) is 11.4. The van der Waals surface area contributed by atoms with Gasteiger partial charge in [-0.3, -0.25) is 4.79 Å². The molecule has 0 spiro atoms. The molecule has 0 saturated carbocycles. The third-order valence-corrected chi connectivity index (χ3v) is 2.75. The van der Waals surface area contributed by atoms with E-state index in [4.69, 9.17) is 4.74 Å². The van der Waals surface area contributed by atoms with Gasteiger partial charge < -0.3 is 20.1 Å². The van der Waals surface area contributed by atoms with Gasteiger partial charge in [0.1, 0.15) is 5.60 Å². The van der Waals surface area contributed by atoms with Gasteiger partial charge in [-0.05, 0) is 27.2 Å². The molecule has 1 heterocycles. The largest absolute Gasteiger partial charge is 0.444 e. The van der Waals surface area contributed by atoms with Crippen molar-refractivity contribution in [3.8, 4) is 0 Å². The van der Waals surface area contributed by atoms with E-state index in [0.29, 0.717) is 13.0 Å². The van der Waals surface area contributed by atoms with E-state index in [1.807, 2.05) is 0 Å². The van der Waals surface area contributed by atoms with Gasteiger partial charge in [0.05, 0.1) is 18.6 Å². The molecule has 1 atom stereocenters. The molecule has 2 N–H and O–H groups in total. The minimum Gasteiger partial charge on any atom is -0.444 e. The molecular weight excluding hydrogens is 236 g/mol. The molecule has 6 heteroatoms. The highest BCUT2D eigenvalue weighted by Crippen LogP contribution is 2.26. The molecule has 18 heavy (non-hydrogen) atoms. The first kappa shape index (κ1) is 14.8. The normalized spacial score (nSPS) is 23.9. The highest BCUT2D eigenvalue weighted by atomic mass is 16.6. The third kappa shape index (κ3) is 4.18. The minimum atomic E-state index is -1.14. The molecule has 0 aromatic carbocycles. The van der Waals surface area contributed by atoms with Crippen LogP contribution in [0.15, 0.2) is 0 Å². The van der Waals surface area contributed by atoms with Crippen LogP contribution < -0.4 is 5.32 Å². The quantitative estimate of drug-likeness (QED) is 0.755. The van der Waals surface area contributed by atoms with Crippen LogP contribution in [0, 0.1) is 0 Å². The Bertz CT molecular complexity index is 337. The van der Waals surface area contributed by atoms with Crippen LogP contribution in [-0.2, 0) is 9.53 Å². The molecule has 1 fully saturated rings. The van der Waals surface area contributed by atoms with Crippen molar-refractivity contribution in [1.29, 1.82) is 0 Å². The van der Waals surface area contributed by atoms with Crippen molar-refractivity contribution < 1.29 is 19.4 Å². The Morgan fingerprint density at radius 2 is 2.06 bits per heavy atom. The van der Waals surface area contributed by atoms with Crippen LogP contribution in [0.4, 0.5) is 4.79 Å². The fraction of sp³-hybridized carbons (Fsp3) is 0.833. The maximum Gasteiger partial charge on any atom is 0.410 e. The van der Waals surface area contributed by atoms with E-state index < -0.39 is 17.3 Å². The Morgan fingerprint density at radius 3 is 2.56 bits per heavy atom. The number of β-amino-alcohol motifs (C(OH)–C–C–N with tert-alkyl or cyclic N) is 1. The summed E-state index contributed by atoms with van der Waals surface area (Å²) in [6.07, 6.45) is -0.0574. The van der Waals surface area contributed by atoms with Gasteiger partial charge in [-0.2, -0.15) is 0 Å². The van der Waals surface area contributed by atoms with Gasteiger partial charge >= 0.3 is 6.09 Å². The van der Waals surface area contributed by atoms with Gasteiger partial charge in [-0.25, -0.2) is 4.79 Å². The summed E-state index contributed by atoms with van der Waals surface area (Å²) >= 11 is 0. The number of amides is 2. The lowest BCUT2D eigenvalue weighted by molar-refractivity contribution is -0.125. The van der Waals surface area contributed by atoms with Crippen LogP contribution in [-0.4, -0.2) is 53.3 Å². The number of aliphatic hydroxyl groups is 1. The highest BCUT2D eigenvalue weighted by molar-refractivity contribution is 5.77. The molecule has 0 aromatic rings. The number of carbonyl (C=O) groups is 2. The smallest absolute Gasteiger partial charge is 0.410 e. The maximum absolute atomic E-state index is 11.8. The number of ether oxygens (including phenoxy) is 1. The van der Waals surface area contributed by atoms with Gasteiger partial charge in [-0.1, -0.05) is 0 Å². The maximum atomic E-state index is 11.8. The predicted octanol–water partition coefficient (Wildman–Crippen LogP) is 0.494. The van der Waals surface area contributed by atoms with E-state index in [1.54, 1.807) is 20.8 Å². The molecule has 0 aromatic heterocycles. The summed E-state index contributed by atoms with van der Waals surface area (Å²) in [6, 6.07) is 0. The SMILES string of the molecule is CNC(=O)CC1(O)CCN(C(=O)OC(C)(C)C)C1. The number of likely N-dealkylation sites (tertiary alicyclic amines) is 1. The standard InChI is InChI=1S/C12H22N2O4/c1-11(2,3)18-10(16)14-6-5-12(17,8-14)7-9(15)13-4/h17H,5-8H2,1-4H3,(H,13,15). The fourth-order valence-corrected chi connectivity index (χ4v) is 1.87. The van der Waals surface area contributed by atoms with Gasteiger partial charge in [-0.15, -0.1) is 0 Å². The number of rotatable bonds is 2. The minimum absolute atomic E-state index is 0.00278. The number of nitrogens with one attached hydrogen (secondary N) is 1. The molecule has 2 amide bonds. The lowest BCUT2D eigenvalue weighted by atomic mass is 9.99. The average Bonchev–Trinajstić information content (AvgIpc) is 2.58. The van der Waals surface area contributed by atoms with Crippen LogP contribution in [0.5, 0.6) is 0 Å². The zero-order valence-corrected chi connectivity index (χ0v) is 11.4. The topological polar surface area (TPSA) is 78.9 Å². The molecule has 0 radical (unpaired) electrons. The molecule has 0 aliphatic carbocycles. The Balaban J connectivity index is 2.55. The summed E-state index contributed by atoms with van der Waals surface area (Å²) in [5, 5.41) is 12.7. The van der Waals surface area contributed by atoms with Crippen LogP contribution in [0.1, 0.15) is 33.6 Å². The van der Waals surface area contributed by atoms with Crippen LogP contribution in [0.25, 0.3) is 0 Å². The second kappa shape index (κ2) is 5.14. The van der Waals surface area contributed by atoms with Gasteiger partial charge in [0.2, 0.25) is 5.91 Å². The lowest BCUT2D eigenvalue weighted by Gasteiger charge is -2.26. The number of carbonyl (C=O) groups excluding carboxylic acids is 2. The summed E-state index contributed by atoms with van der Waals surface area (Å²) in [5.41, 5.74) is -1.70. The lowest BCUT2D eigenvalue weighted by Crippen LogP contribution is -2.41. The molecular formula is C12H22N2O4. The molecule has 1 aliphatic rings. The van der Waals surface area contributed by atoms with E-state index in [1.165, 1.54) is 11.9 Å². The summed E-state index contributed by atoms with van der Waals surface area (Å²) in [5.74, 6) is -0.233.